The topological polar surface area (TPSA) is 61.4 Å². The highest BCUT2D eigenvalue weighted by atomic mass is 16.3. The van der Waals surface area contributed by atoms with Crippen molar-refractivity contribution in [2.75, 3.05) is 19.6 Å². The Morgan fingerprint density at radius 1 is 1.62 bits per heavy atom. The number of carbonyl (C=O) groups excluding carboxylic acids is 1. The molecule has 0 aromatic rings. The normalized spacial score (nSPS) is 21.1. The minimum absolute atomic E-state index is 0.0856. The van der Waals surface area contributed by atoms with Crippen LogP contribution in [0, 0.1) is 5.92 Å². The third-order valence-corrected chi connectivity index (χ3v) is 2.28. The maximum atomic E-state index is 11.5. The van der Waals surface area contributed by atoms with Gasteiger partial charge < -0.3 is 15.7 Å². The van der Waals surface area contributed by atoms with Crippen LogP contribution in [0.1, 0.15) is 19.8 Å². The predicted molar refractivity (Wildman–Crippen MR) is 50.3 cm³/mol. The van der Waals surface area contributed by atoms with Crippen molar-refractivity contribution < 1.29 is 9.90 Å². The molecule has 0 radical (unpaired) electrons. The van der Waals surface area contributed by atoms with E-state index in [0.717, 1.165) is 25.9 Å². The van der Waals surface area contributed by atoms with E-state index in [1.54, 1.807) is 6.92 Å². The van der Waals surface area contributed by atoms with Crippen LogP contribution in [0.4, 0.5) is 0 Å². The molecule has 1 heterocycles. The summed E-state index contributed by atoms with van der Waals surface area (Å²) in [6, 6.07) is 0. The SMILES string of the molecule is C[C@@H](O)CNC(=O)C1CCNCC1. The second kappa shape index (κ2) is 5.19. The fraction of sp³-hybridized carbons (Fsp3) is 0.889. The van der Waals surface area contributed by atoms with Crippen molar-refractivity contribution in [2.45, 2.75) is 25.9 Å². The molecular formula is C9H18N2O2. The maximum Gasteiger partial charge on any atom is 0.223 e. The van der Waals surface area contributed by atoms with E-state index in [0.29, 0.717) is 6.54 Å². The van der Waals surface area contributed by atoms with Crippen LogP contribution in [0.25, 0.3) is 0 Å². The number of hydrogen-bond donors (Lipinski definition) is 3. The van der Waals surface area contributed by atoms with Gasteiger partial charge in [-0.25, -0.2) is 0 Å². The highest BCUT2D eigenvalue weighted by Gasteiger charge is 2.20. The largest absolute Gasteiger partial charge is 0.392 e. The van der Waals surface area contributed by atoms with Crippen molar-refractivity contribution in [2.24, 2.45) is 5.92 Å². The first-order chi connectivity index (χ1) is 6.20. The van der Waals surface area contributed by atoms with Gasteiger partial charge in [0.1, 0.15) is 0 Å². The van der Waals surface area contributed by atoms with E-state index in [-0.39, 0.29) is 11.8 Å². The lowest BCUT2D eigenvalue weighted by molar-refractivity contribution is -0.126. The molecule has 13 heavy (non-hydrogen) atoms. The monoisotopic (exact) mass is 186 g/mol. The fourth-order valence-corrected chi connectivity index (χ4v) is 1.48. The summed E-state index contributed by atoms with van der Waals surface area (Å²) in [5.41, 5.74) is 0. The first-order valence-electron chi connectivity index (χ1n) is 4.86. The van der Waals surface area contributed by atoms with Crippen molar-refractivity contribution in [1.29, 1.82) is 0 Å². The summed E-state index contributed by atoms with van der Waals surface area (Å²) in [7, 11) is 0. The standard InChI is InChI=1S/C9H18N2O2/c1-7(12)6-11-9(13)8-2-4-10-5-3-8/h7-8,10,12H,2-6H2,1H3,(H,11,13)/t7-/m1/s1. The number of piperidine rings is 1. The lowest BCUT2D eigenvalue weighted by Crippen LogP contribution is -2.40. The summed E-state index contributed by atoms with van der Waals surface area (Å²) >= 11 is 0. The molecule has 0 spiro atoms. The smallest absolute Gasteiger partial charge is 0.223 e. The van der Waals surface area contributed by atoms with Gasteiger partial charge in [-0.05, 0) is 32.9 Å². The predicted octanol–water partition coefficient (Wildman–Crippen LogP) is -0.517. The van der Waals surface area contributed by atoms with Crippen molar-refractivity contribution in [3.63, 3.8) is 0 Å². The second-order valence-electron chi connectivity index (χ2n) is 3.62. The zero-order valence-electron chi connectivity index (χ0n) is 8.05. The minimum atomic E-state index is -0.453. The van der Waals surface area contributed by atoms with Gasteiger partial charge in [-0.2, -0.15) is 0 Å². The zero-order valence-corrected chi connectivity index (χ0v) is 8.05. The number of rotatable bonds is 3. The minimum Gasteiger partial charge on any atom is -0.392 e. The molecule has 1 aliphatic heterocycles. The van der Waals surface area contributed by atoms with Crippen molar-refractivity contribution in [1.82, 2.24) is 10.6 Å². The summed E-state index contributed by atoms with van der Waals surface area (Å²) in [6.45, 7) is 3.88. The first kappa shape index (κ1) is 10.5. The van der Waals surface area contributed by atoms with Crippen LogP contribution in [0.3, 0.4) is 0 Å². The van der Waals surface area contributed by atoms with Crippen LogP contribution in [0.2, 0.25) is 0 Å². The van der Waals surface area contributed by atoms with Crippen LogP contribution >= 0.6 is 0 Å². The number of amides is 1. The fourth-order valence-electron chi connectivity index (χ4n) is 1.48. The lowest BCUT2D eigenvalue weighted by Gasteiger charge is -2.22. The van der Waals surface area contributed by atoms with Crippen LogP contribution in [0.5, 0.6) is 0 Å². The van der Waals surface area contributed by atoms with Crippen LogP contribution < -0.4 is 10.6 Å². The Labute approximate surface area is 78.7 Å². The summed E-state index contributed by atoms with van der Waals surface area (Å²) in [6.07, 6.45) is 1.36. The molecule has 4 heteroatoms. The van der Waals surface area contributed by atoms with Crippen LogP contribution in [-0.4, -0.2) is 36.8 Å². The quantitative estimate of drug-likeness (QED) is 0.556. The Morgan fingerprint density at radius 3 is 2.77 bits per heavy atom. The van der Waals surface area contributed by atoms with E-state index in [1.807, 2.05) is 0 Å². The van der Waals surface area contributed by atoms with Gasteiger partial charge in [-0.3, -0.25) is 4.79 Å². The van der Waals surface area contributed by atoms with Gasteiger partial charge in [-0.15, -0.1) is 0 Å². The third-order valence-electron chi connectivity index (χ3n) is 2.28. The van der Waals surface area contributed by atoms with Gasteiger partial charge in [0.15, 0.2) is 0 Å². The van der Waals surface area contributed by atoms with Gasteiger partial charge in [0.2, 0.25) is 5.91 Å². The summed E-state index contributed by atoms with van der Waals surface area (Å²) in [5.74, 6) is 0.224. The molecule has 0 bridgehead atoms. The Morgan fingerprint density at radius 2 is 2.23 bits per heavy atom. The van der Waals surface area contributed by atoms with E-state index in [2.05, 4.69) is 10.6 Å². The molecule has 0 aliphatic carbocycles. The third kappa shape index (κ3) is 3.74. The van der Waals surface area contributed by atoms with E-state index in [4.69, 9.17) is 5.11 Å². The molecule has 1 rings (SSSR count). The van der Waals surface area contributed by atoms with Gasteiger partial charge in [-0.1, -0.05) is 0 Å². The molecule has 4 nitrogen and oxygen atoms in total. The maximum absolute atomic E-state index is 11.5. The molecule has 0 saturated carbocycles. The average Bonchev–Trinajstić information content (AvgIpc) is 2.15. The number of carbonyl (C=O) groups is 1. The molecule has 76 valence electrons. The average molecular weight is 186 g/mol. The number of aliphatic hydroxyl groups is 1. The van der Waals surface area contributed by atoms with Gasteiger partial charge >= 0.3 is 0 Å². The van der Waals surface area contributed by atoms with Crippen LogP contribution in [-0.2, 0) is 4.79 Å². The molecule has 0 aromatic carbocycles. The van der Waals surface area contributed by atoms with E-state index < -0.39 is 6.10 Å². The van der Waals surface area contributed by atoms with Gasteiger partial charge in [0, 0.05) is 12.5 Å². The summed E-state index contributed by atoms with van der Waals surface area (Å²) in [4.78, 5) is 11.5. The van der Waals surface area contributed by atoms with Crippen LogP contribution in [0.15, 0.2) is 0 Å². The molecule has 0 aromatic heterocycles. The van der Waals surface area contributed by atoms with E-state index in [9.17, 15) is 4.79 Å². The summed E-state index contributed by atoms with van der Waals surface area (Å²) < 4.78 is 0. The molecule has 1 fully saturated rings. The Balaban J connectivity index is 2.21. The highest BCUT2D eigenvalue weighted by molar-refractivity contribution is 5.78. The molecule has 1 atom stereocenters. The zero-order chi connectivity index (χ0) is 9.68. The highest BCUT2D eigenvalue weighted by Crippen LogP contribution is 2.10. The summed E-state index contributed by atoms with van der Waals surface area (Å²) in [5, 5.41) is 14.9. The molecule has 1 saturated heterocycles. The van der Waals surface area contributed by atoms with Crippen molar-refractivity contribution >= 4 is 5.91 Å². The molecule has 1 amide bonds. The van der Waals surface area contributed by atoms with E-state index in [1.165, 1.54) is 0 Å². The number of nitrogens with one attached hydrogen (secondary N) is 2. The first-order valence-corrected chi connectivity index (χ1v) is 4.86. The number of hydrogen-bond acceptors (Lipinski definition) is 3. The Kier molecular flexibility index (Phi) is 4.18. The molecule has 0 unspecified atom stereocenters. The Bertz CT molecular complexity index is 165. The molecule has 1 aliphatic rings. The van der Waals surface area contributed by atoms with Crippen molar-refractivity contribution in [3.8, 4) is 0 Å². The van der Waals surface area contributed by atoms with Gasteiger partial charge in [0.25, 0.3) is 0 Å². The van der Waals surface area contributed by atoms with Gasteiger partial charge in [0.05, 0.1) is 6.10 Å². The molecule has 3 N–H and O–H groups in total. The molecular weight excluding hydrogens is 168 g/mol. The Hall–Kier alpha value is -0.610. The van der Waals surface area contributed by atoms with E-state index >= 15 is 0 Å². The second-order valence-corrected chi connectivity index (χ2v) is 3.62. The number of aliphatic hydroxyl groups excluding tert-OH is 1. The lowest BCUT2D eigenvalue weighted by atomic mass is 9.97. The van der Waals surface area contributed by atoms with Crippen molar-refractivity contribution in [3.05, 3.63) is 0 Å².